The molecule has 3 rings (SSSR count). The van der Waals surface area contributed by atoms with Crippen LogP contribution in [0.15, 0.2) is 30.5 Å². The van der Waals surface area contributed by atoms with Crippen molar-refractivity contribution in [2.45, 2.75) is 46.2 Å². The number of hydrogen-bond donors (Lipinski definition) is 1. The van der Waals surface area contributed by atoms with E-state index in [2.05, 4.69) is 55.6 Å². The van der Waals surface area contributed by atoms with Crippen LogP contribution in [0.4, 0.5) is 0 Å². The number of nitrogens with two attached hydrogens (primary N) is 1. The van der Waals surface area contributed by atoms with Gasteiger partial charge in [-0.1, -0.05) is 19.1 Å². The third kappa shape index (κ3) is 4.84. The van der Waals surface area contributed by atoms with E-state index in [-0.39, 0.29) is 23.4 Å². The number of halogens is 1. The van der Waals surface area contributed by atoms with Gasteiger partial charge >= 0.3 is 0 Å². The number of ether oxygens (including phenoxy) is 1. The highest BCUT2D eigenvalue weighted by molar-refractivity contribution is 5.85. The standard InChI is InChI=1S/C21H32N4O.ClH/c1-20(2,3)25-13-17(12-24-10-9-21(4,14-22)15-24)19(23-25)16-7-6-8-18(11-16)26-5;/h6-8,11,13H,9-10,12,14-15,22H2,1-5H3;1H. The normalized spacial score (nSPS) is 20.5. The Morgan fingerprint density at radius 3 is 2.63 bits per heavy atom. The first kappa shape index (κ1) is 21.7. The lowest BCUT2D eigenvalue weighted by molar-refractivity contribution is 0.274. The molecule has 1 atom stereocenters. The van der Waals surface area contributed by atoms with Gasteiger partial charge in [0.1, 0.15) is 5.75 Å². The maximum atomic E-state index is 5.98. The van der Waals surface area contributed by atoms with Crippen molar-refractivity contribution >= 4 is 12.4 Å². The van der Waals surface area contributed by atoms with Crippen molar-refractivity contribution in [1.29, 1.82) is 0 Å². The van der Waals surface area contributed by atoms with Gasteiger partial charge in [-0.25, -0.2) is 0 Å². The predicted octanol–water partition coefficient (Wildman–Crippen LogP) is 3.91. The summed E-state index contributed by atoms with van der Waals surface area (Å²) in [6.07, 6.45) is 3.36. The molecule has 1 aliphatic heterocycles. The molecule has 0 amide bonds. The minimum Gasteiger partial charge on any atom is -0.497 e. The first-order valence-electron chi connectivity index (χ1n) is 9.40. The molecule has 0 saturated carbocycles. The van der Waals surface area contributed by atoms with E-state index in [1.165, 1.54) is 5.56 Å². The summed E-state index contributed by atoms with van der Waals surface area (Å²) in [6.45, 7) is 12.6. The number of nitrogens with zero attached hydrogens (tertiary/aromatic N) is 3. The fraction of sp³-hybridized carbons (Fsp3) is 0.571. The summed E-state index contributed by atoms with van der Waals surface area (Å²) in [5.74, 6) is 0.857. The van der Waals surface area contributed by atoms with Gasteiger partial charge in [0.05, 0.1) is 18.3 Å². The molecule has 0 radical (unpaired) electrons. The van der Waals surface area contributed by atoms with Crippen molar-refractivity contribution in [1.82, 2.24) is 14.7 Å². The first-order chi connectivity index (χ1) is 12.2. The number of aromatic nitrogens is 2. The molecular formula is C21H33ClN4O. The van der Waals surface area contributed by atoms with E-state index in [4.69, 9.17) is 15.6 Å². The number of benzene rings is 1. The highest BCUT2D eigenvalue weighted by Gasteiger charge is 2.33. The second-order valence-electron chi connectivity index (χ2n) is 8.83. The fourth-order valence-corrected chi connectivity index (χ4v) is 3.55. The van der Waals surface area contributed by atoms with Gasteiger partial charge in [-0.3, -0.25) is 9.58 Å². The Morgan fingerprint density at radius 1 is 1.30 bits per heavy atom. The lowest BCUT2D eigenvalue weighted by Crippen LogP contribution is -2.31. The Bertz CT molecular complexity index is 768. The number of likely N-dealkylation sites (tertiary alicyclic amines) is 1. The Balaban J connectivity index is 0.00000261. The monoisotopic (exact) mass is 392 g/mol. The van der Waals surface area contributed by atoms with E-state index >= 15 is 0 Å². The molecule has 2 aromatic rings. The van der Waals surface area contributed by atoms with Crippen molar-refractivity contribution in [2.75, 3.05) is 26.7 Å². The molecule has 27 heavy (non-hydrogen) atoms. The zero-order chi connectivity index (χ0) is 18.9. The highest BCUT2D eigenvalue weighted by Crippen LogP contribution is 2.33. The van der Waals surface area contributed by atoms with Crippen LogP contribution in [0.1, 0.15) is 39.7 Å². The van der Waals surface area contributed by atoms with E-state index in [1.54, 1.807) is 7.11 Å². The fourth-order valence-electron chi connectivity index (χ4n) is 3.55. The van der Waals surface area contributed by atoms with Crippen molar-refractivity contribution < 1.29 is 4.74 Å². The Hall–Kier alpha value is -1.56. The molecule has 1 aliphatic rings. The molecule has 1 fully saturated rings. The summed E-state index contributed by atoms with van der Waals surface area (Å²) in [7, 11) is 1.70. The predicted molar refractivity (Wildman–Crippen MR) is 114 cm³/mol. The van der Waals surface area contributed by atoms with Crippen molar-refractivity contribution in [2.24, 2.45) is 11.1 Å². The number of hydrogen-bond acceptors (Lipinski definition) is 4. The van der Waals surface area contributed by atoms with Crippen molar-refractivity contribution in [3.8, 4) is 17.0 Å². The van der Waals surface area contributed by atoms with Crippen LogP contribution in [0, 0.1) is 5.41 Å². The van der Waals surface area contributed by atoms with Gasteiger partial charge in [0, 0.05) is 30.4 Å². The molecule has 2 heterocycles. The lowest BCUT2D eigenvalue weighted by atomic mass is 9.90. The highest BCUT2D eigenvalue weighted by atomic mass is 35.5. The van der Waals surface area contributed by atoms with Gasteiger partial charge in [0.25, 0.3) is 0 Å². The van der Waals surface area contributed by atoms with E-state index < -0.39 is 0 Å². The van der Waals surface area contributed by atoms with Crippen LogP contribution in [0.2, 0.25) is 0 Å². The second-order valence-corrected chi connectivity index (χ2v) is 8.83. The Morgan fingerprint density at radius 2 is 2.04 bits per heavy atom. The molecule has 1 aromatic carbocycles. The summed E-state index contributed by atoms with van der Waals surface area (Å²) in [5, 5.41) is 4.94. The third-order valence-electron chi connectivity index (χ3n) is 5.34. The van der Waals surface area contributed by atoms with E-state index in [0.717, 1.165) is 49.6 Å². The molecule has 5 nitrogen and oxygen atoms in total. The smallest absolute Gasteiger partial charge is 0.119 e. The SMILES string of the molecule is COc1cccc(-c2nn(C(C)(C)C)cc2CN2CCC(C)(CN)C2)c1.Cl. The van der Waals surface area contributed by atoms with Gasteiger partial charge in [0.15, 0.2) is 0 Å². The zero-order valence-electron chi connectivity index (χ0n) is 17.2. The maximum Gasteiger partial charge on any atom is 0.119 e. The number of methoxy groups -OCH3 is 1. The Labute approximate surface area is 169 Å². The van der Waals surface area contributed by atoms with Crippen LogP contribution < -0.4 is 10.5 Å². The Kier molecular flexibility index (Phi) is 6.61. The van der Waals surface area contributed by atoms with Gasteiger partial charge in [-0.15, -0.1) is 12.4 Å². The van der Waals surface area contributed by atoms with E-state index in [9.17, 15) is 0 Å². The minimum atomic E-state index is -0.0529. The minimum absolute atomic E-state index is 0. The second kappa shape index (κ2) is 8.21. The maximum absolute atomic E-state index is 5.98. The van der Waals surface area contributed by atoms with Crippen molar-refractivity contribution in [3.63, 3.8) is 0 Å². The van der Waals surface area contributed by atoms with E-state index in [0.29, 0.717) is 0 Å². The zero-order valence-corrected chi connectivity index (χ0v) is 18.0. The van der Waals surface area contributed by atoms with Crippen LogP contribution in [0.5, 0.6) is 5.75 Å². The lowest BCUT2D eigenvalue weighted by Gasteiger charge is -2.22. The molecule has 0 aliphatic carbocycles. The topological polar surface area (TPSA) is 56.3 Å². The molecule has 1 saturated heterocycles. The van der Waals surface area contributed by atoms with Crippen LogP contribution in [-0.2, 0) is 12.1 Å². The molecule has 0 spiro atoms. The summed E-state index contributed by atoms with van der Waals surface area (Å²) < 4.78 is 7.49. The van der Waals surface area contributed by atoms with Crippen molar-refractivity contribution in [3.05, 3.63) is 36.0 Å². The molecule has 1 unspecified atom stereocenters. The van der Waals surface area contributed by atoms with Crippen LogP contribution in [0.25, 0.3) is 11.3 Å². The average molecular weight is 393 g/mol. The molecule has 6 heteroatoms. The summed E-state index contributed by atoms with van der Waals surface area (Å²) in [4.78, 5) is 2.50. The summed E-state index contributed by atoms with van der Waals surface area (Å²) in [5.41, 5.74) is 9.56. The van der Waals surface area contributed by atoms with Gasteiger partial charge in [-0.2, -0.15) is 5.10 Å². The third-order valence-corrected chi connectivity index (χ3v) is 5.34. The summed E-state index contributed by atoms with van der Waals surface area (Å²) >= 11 is 0. The van der Waals surface area contributed by atoms with Crippen LogP contribution >= 0.6 is 12.4 Å². The molecule has 1 aromatic heterocycles. The van der Waals surface area contributed by atoms with E-state index in [1.807, 2.05) is 12.1 Å². The van der Waals surface area contributed by atoms with Crippen LogP contribution in [0.3, 0.4) is 0 Å². The summed E-state index contributed by atoms with van der Waals surface area (Å²) in [6, 6.07) is 8.16. The molecular weight excluding hydrogens is 360 g/mol. The van der Waals surface area contributed by atoms with Crippen LogP contribution in [-0.4, -0.2) is 41.4 Å². The average Bonchev–Trinajstić information content (AvgIpc) is 3.20. The van der Waals surface area contributed by atoms with Gasteiger partial charge in [-0.05, 0) is 57.8 Å². The molecule has 2 N–H and O–H groups in total. The number of rotatable bonds is 5. The first-order valence-corrected chi connectivity index (χ1v) is 9.40. The molecule has 0 bridgehead atoms. The quantitative estimate of drug-likeness (QED) is 0.838. The van der Waals surface area contributed by atoms with Gasteiger partial charge < -0.3 is 10.5 Å². The molecule has 150 valence electrons. The van der Waals surface area contributed by atoms with Gasteiger partial charge in [0.2, 0.25) is 0 Å². The largest absolute Gasteiger partial charge is 0.497 e.